The van der Waals surface area contributed by atoms with Crippen molar-refractivity contribution in [2.45, 2.75) is 50.7 Å². The van der Waals surface area contributed by atoms with Crippen LogP contribution in [0, 0.1) is 5.82 Å². The first-order chi connectivity index (χ1) is 14.6. The van der Waals surface area contributed by atoms with E-state index in [4.69, 9.17) is 4.74 Å². The fraction of sp³-hybridized carbons (Fsp3) is 0.652. The van der Waals surface area contributed by atoms with Crippen LogP contribution in [0.3, 0.4) is 0 Å². The van der Waals surface area contributed by atoms with Crippen molar-refractivity contribution in [1.82, 2.24) is 14.7 Å². The largest absolute Gasteiger partial charge is 0.368 e. The lowest BCUT2D eigenvalue weighted by Crippen LogP contribution is -2.52. The standard InChI is InChI=1S/C23H32FN3O3/c24-19-5-1-4-18(16-19)17-20-6-2-9-27(20)22(28)8-10-25-11-13-26(14-12-25)23(29)21-7-3-15-30-21/h1,4-5,16,20-21H,2-3,6-15,17H2/t20-,21-/m1/s1. The van der Waals surface area contributed by atoms with Gasteiger partial charge in [-0.1, -0.05) is 12.1 Å². The Morgan fingerprint density at radius 2 is 1.90 bits per heavy atom. The number of ether oxygens (including phenoxy) is 1. The number of piperazine rings is 1. The zero-order valence-corrected chi connectivity index (χ0v) is 17.6. The lowest BCUT2D eigenvalue weighted by Gasteiger charge is -2.36. The highest BCUT2D eigenvalue weighted by Gasteiger charge is 2.31. The van der Waals surface area contributed by atoms with E-state index in [2.05, 4.69) is 4.90 Å². The van der Waals surface area contributed by atoms with Gasteiger partial charge in [0.1, 0.15) is 11.9 Å². The molecule has 30 heavy (non-hydrogen) atoms. The van der Waals surface area contributed by atoms with Crippen LogP contribution in [-0.2, 0) is 20.7 Å². The van der Waals surface area contributed by atoms with E-state index in [-0.39, 0.29) is 29.8 Å². The Balaban J connectivity index is 1.21. The second-order valence-electron chi connectivity index (χ2n) is 8.64. The highest BCUT2D eigenvalue weighted by Crippen LogP contribution is 2.23. The molecular weight excluding hydrogens is 385 g/mol. The van der Waals surface area contributed by atoms with Crippen LogP contribution in [0.4, 0.5) is 4.39 Å². The van der Waals surface area contributed by atoms with Crippen molar-refractivity contribution in [2.75, 3.05) is 45.9 Å². The highest BCUT2D eigenvalue weighted by molar-refractivity contribution is 5.81. The molecule has 3 aliphatic rings. The summed E-state index contributed by atoms with van der Waals surface area (Å²) in [5, 5.41) is 0. The summed E-state index contributed by atoms with van der Waals surface area (Å²) in [6.07, 6.45) is 4.76. The number of hydrogen-bond donors (Lipinski definition) is 0. The molecule has 3 fully saturated rings. The molecule has 0 radical (unpaired) electrons. The van der Waals surface area contributed by atoms with E-state index in [1.165, 1.54) is 6.07 Å². The van der Waals surface area contributed by atoms with E-state index in [9.17, 15) is 14.0 Å². The number of rotatable bonds is 6. The van der Waals surface area contributed by atoms with Crippen LogP contribution in [0.2, 0.25) is 0 Å². The third-order valence-electron chi connectivity index (χ3n) is 6.59. The van der Waals surface area contributed by atoms with Crippen LogP contribution in [0.15, 0.2) is 24.3 Å². The van der Waals surface area contributed by atoms with Gasteiger partial charge in [-0.2, -0.15) is 0 Å². The summed E-state index contributed by atoms with van der Waals surface area (Å²) in [7, 11) is 0. The maximum atomic E-state index is 13.5. The summed E-state index contributed by atoms with van der Waals surface area (Å²) in [5.74, 6) is 0.0905. The van der Waals surface area contributed by atoms with Crippen molar-refractivity contribution in [2.24, 2.45) is 0 Å². The topological polar surface area (TPSA) is 53.1 Å². The Hall–Kier alpha value is -1.99. The third-order valence-corrected chi connectivity index (χ3v) is 6.59. The summed E-state index contributed by atoms with van der Waals surface area (Å²) in [5.41, 5.74) is 0.951. The Morgan fingerprint density at radius 3 is 2.63 bits per heavy atom. The van der Waals surface area contributed by atoms with Crippen LogP contribution in [0.25, 0.3) is 0 Å². The van der Waals surface area contributed by atoms with Crippen molar-refractivity contribution in [3.63, 3.8) is 0 Å². The minimum atomic E-state index is -0.247. The molecule has 164 valence electrons. The fourth-order valence-corrected chi connectivity index (χ4v) is 4.88. The molecule has 3 saturated heterocycles. The molecule has 0 aliphatic carbocycles. The van der Waals surface area contributed by atoms with Crippen molar-refractivity contribution in [3.05, 3.63) is 35.6 Å². The van der Waals surface area contributed by atoms with Crippen molar-refractivity contribution in [3.8, 4) is 0 Å². The van der Waals surface area contributed by atoms with Gasteiger partial charge >= 0.3 is 0 Å². The van der Waals surface area contributed by atoms with E-state index in [0.717, 1.165) is 57.4 Å². The van der Waals surface area contributed by atoms with Gasteiger partial charge in [0.15, 0.2) is 0 Å². The lowest BCUT2D eigenvalue weighted by atomic mass is 10.0. The van der Waals surface area contributed by atoms with Gasteiger partial charge in [0, 0.05) is 58.3 Å². The molecule has 7 heteroatoms. The minimum absolute atomic E-state index is 0.125. The van der Waals surface area contributed by atoms with Crippen LogP contribution >= 0.6 is 0 Å². The van der Waals surface area contributed by atoms with Crippen LogP contribution < -0.4 is 0 Å². The quantitative estimate of drug-likeness (QED) is 0.711. The number of amides is 2. The first kappa shape index (κ1) is 21.2. The molecule has 0 bridgehead atoms. The Labute approximate surface area is 177 Å². The van der Waals surface area contributed by atoms with E-state index in [1.807, 2.05) is 15.9 Å². The predicted octanol–water partition coefficient (Wildman–Crippen LogP) is 2.07. The molecule has 0 unspecified atom stereocenters. The van der Waals surface area contributed by atoms with E-state index >= 15 is 0 Å². The maximum absolute atomic E-state index is 13.5. The number of hydrogen-bond acceptors (Lipinski definition) is 4. The van der Waals surface area contributed by atoms with Crippen molar-refractivity contribution in [1.29, 1.82) is 0 Å². The average molecular weight is 418 g/mol. The van der Waals surface area contributed by atoms with Gasteiger partial charge in [0.05, 0.1) is 0 Å². The molecule has 2 amide bonds. The van der Waals surface area contributed by atoms with Gasteiger partial charge in [-0.05, 0) is 49.8 Å². The molecule has 4 rings (SSSR count). The van der Waals surface area contributed by atoms with Crippen LogP contribution in [0.5, 0.6) is 0 Å². The Morgan fingerprint density at radius 1 is 1.07 bits per heavy atom. The fourth-order valence-electron chi connectivity index (χ4n) is 4.88. The van der Waals surface area contributed by atoms with Gasteiger partial charge < -0.3 is 14.5 Å². The second kappa shape index (κ2) is 9.88. The first-order valence-corrected chi connectivity index (χ1v) is 11.3. The highest BCUT2D eigenvalue weighted by atomic mass is 19.1. The van der Waals surface area contributed by atoms with Crippen molar-refractivity contribution >= 4 is 11.8 Å². The molecule has 2 atom stereocenters. The number of carbonyl (C=O) groups is 2. The number of likely N-dealkylation sites (tertiary alicyclic amines) is 1. The SMILES string of the molecule is O=C([C@H]1CCCO1)N1CCN(CCC(=O)N2CCC[C@@H]2Cc2cccc(F)c2)CC1. The van der Waals surface area contributed by atoms with Gasteiger partial charge in [-0.15, -0.1) is 0 Å². The maximum Gasteiger partial charge on any atom is 0.251 e. The number of nitrogens with zero attached hydrogens (tertiary/aromatic N) is 3. The lowest BCUT2D eigenvalue weighted by molar-refractivity contribution is -0.143. The minimum Gasteiger partial charge on any atom is -0.368 e. The van der Waals surface area contributed by atoms with E-state index in [1.54, 1.807) is 12.1 Å². The molecule has 3 aliphatic heterocycles. The van der Waals surface area contributed by atoms with Crippen LogP contribution in [0.1, 0.15) is 37.7 Å². The monoisotopic (exact) mass is 417 g/mol. The van der Waals surface area contributed by atoms with Crippen molar-refractivity contribution < 1.29 is 18.7 Å². The zero-order chi connectivity index (χ0) is 20.9. The molecule has 0 aromatic heterocycles. The van der Waals surface area contributed by atoms with E-state index in [0.29, 0.717) is 32.5 Å². The predicted molar refractivity (Wildman–Crippen MR) is 111 cm³/mol. The smallest absolute Gasteiger partial charge is 0.251 e. The van der Waals surface area contributed by atoms with Gasteiger partial charge in [0.2, 0.25) is 5.91 Å². The van der Waals surface area contributed by atoms with Gasteiger partial charge in [0.25, 0.3) is 5.91 Å². The number of halogens is 1. The Bertz CT molecular complexity index is 745. The molecule has 1 aromatic carbocycles. The molecule has 0 saturated carbocycles. The summed E-state index contributed by atoms with van der Waals surface area (Å²) in [4.78, 5) is 31.5. The summed E-state index contributed by atoms with van der Waals surface area (Å²) in [6.45, 7) is 5.23. The molecule has 6 nitrogen and oxygen atoms in total. The van der Waals surface area contributed by atoms with E-state index < -0.39 is 0 Å². The summed E-state index contributed by atoms with van der Waals surface area (Å²) in [6, 6.07) is 6.85. The number of benzene rings is 1. The molecular formula is C23H32FN3O3. The molecule has 3 heterocycles. The molecule has 0 N–H and O–H groups in total. The second-order valence-corrected chi connectivity index (χ2v) is 8.64. The molecule has 0 spiro atoms. The molecule has 1 aromatic rings. The summed E-state index contributed by atoms with van der Waals surface area (Å²) < 4.78 is 19.0. The normalized spacial score (nSPS) is 25.1. The summed E-state index contributed by atoms with van der Waals surface area (Å²) >= 11 is 0. The Kier molecular flexibility index (Phi) is 7.00. The van der Waals surface area contributed by atoms with Gasteiger partial charge in [-0.3, -0.25) is 14.5 Å². The zero-order valence-electron chi connectivity index (χ0n) is 17.6. The number of carbonyl (C=O) groups excluding carboxylic acids is 2. The van der Waals surface area contributed by atoms with Gasteiger partial charge in [-0.25, -0.2) is 4.39 Å². The third kappa shape index (κ3) is 5.19. The first-order valence-electron chi connectivity index (χ1n) is 11.3. The van der Waals surface area contributed by atoms with Crippen LogP contribution in [-0.4, -0.2) is 84.5 Å². The average Bonchev–Trinajstić information content (AvgIpc) is 3.44.